The van der Waals surface area contributed by atoms with Crippen LogP contribution in [0.2, 0.25) is 0 Å². The van der Waals surface area contributed by atoms with Gasteiger partial charge in [0, 0.05) is 31.9 Å². The summed E-state index contributed by atoms with van der Waals surface area (Å²) in [6, 6.07) is 8.10. The highest BCUT2D eigenvalue weighted by atomic mass is 16.2. The summed E-state index contributed by atoms with van der Waals surface area (Å²) in [5, 5.41) is 0. The zero-order valence-electron chi connectivity index (χ0n) is 9.52. The molecule has 16 heavy (non-hydrogen) atoms. The number of hydrogen-bond acceptors (Lipinski definition) is 2. The zero-order valence-corrected chi connectivity index (χ0v) is 9.52. The van der Waals surface area contributed by atoms with Gasteiger partial charge in [-0.1, -0.05) is 12.1 Å². The molecule has 1 aliphatic heterocycles. The maximum atomic E-state index is 11.0. The Bertz CT molecular complexity index is 384. The van der Waals surface area contributed by atoms with Crippen LogP contribution in [0, 0.1) is 6.92 Å². The van der Waals surface area contributed by atoms with Crippen molar-refractivity contribution >= 4 is 11.7 Å². The van der Waals surface area contributed by atoms with Crippen LogP contribution in [0.25, 0.3) is 0 Å². The quantitative estimate of drug-likeness (QED) is 0.771. The Hall–Kier alpha value is -1.71. The highest BCUT2D eigenvalue weighted by Gasteiger charge is 2.18. The van der Waals surface area contributed by atoms with Crippen molar-refractivity contribution in [1.82, 2.24) is 4.90 Å². The summed E-state index contributed by atoms with van der Waals surface area (Å²) >= 11 is 0. The normalized spacial score (nSPS) is 16.3. The van der Waals surface area contributed by atoms with Crippen LogP contribution in [0.4, 0.5) is 10.5 Å². The van der Waals surface area contributed by atoms with Crippen LogP contribution in [-0.4, -0.2) is 37.1 Å². The number of piperazine rings is 1. The van der Waals surface area contributed by atoms with Gasteiger partial charge in [0.15, 0.2) is 0 Å². The van der Waals surface area contributed by atoms with Crippen LogP contribution in [-0.2, 0) is 0 Å². The summed E-state index contributed by atoms with van der Waals surface area (Å²) in [6.07, 6.45) is 0. The fraction of sp³-hybridized carbons (Fsp3) is 0.417. The van der Waals surface area contributed by atoms with E-state index >= 15 is 0 Å². The van der Waals surface area contributed by atoms with Crippen LogP contribution in [0.3, 0.4) is 0 Å². The Balaban J connectivity index is 2.01. The third-order valence-electron chi connectivity index (χ3n) is 2.96. The summed E-state index contributed by atoms with van der Waals surface area (Å²) in [5.41, 5.74) is 7.73. The second-order valence-electron chi connectivity index (χ2n) is 4.15. The number of hydrogen-bond donors (Lipinski definition) is 1. The maximum Gasteiger partial charge on any atom is 0.314 e. The molecule has 2 rings (SSSR count). The zero-order chi connectivity index (χ0) is 11.5. The molecule has 1 aromatic carbocycles. The number of amides is 2. The van der Waals surface area contributed by atoms with Gasteiger partial charge in [0.25, 0.3) is 0 Å². The number of primary amides is 1. The van der Waals surface area contributed by atoms with Crippen molar-refractivity contribution in [3.8, 4) is 0 Å². The Morgan fingerprint density at radius 1 is 1.25 bits per heavy atom. The Labute approximate surface area is 95.6 Å². The number of anilines is 1. The van der Waals surface area contributed by atoms with Crippen molar-refractivity contribution in [3.63, 3.8) is 0 Å². The first-order chi connectivity index (χ1) is 7.66. The van der Waals surface area contributed by atoms with Crippen LogP contribution in [0.5, 0.6) is 0 Å². The molecule has 0 atom stereocenters. The number of carbonyl (C=O) groups is 1. The van der Waals surface area contributed by atoms with E-state index in [4.69, 9.17) is 5.73 Å². The fourth-order valence-electron chi connectivity index (χ4n) is 2.01. The largest absolute Gasteiger partial charge is 0.368 e. The summed E-state index contributed by atoms with van der Waals surface area (Å²) in [5.74, 6) is 0. The number of nitrogens with zero attached hydrogens (tertiary/aromatic N) is 2. The first-order valence-corrected chi connectivity index (χ1v) is 5.53. The van der Waals surface area contributed by atoms with Crippen molar-refractivity contribution in [2.24, 2.45) is 5.73 Å². The van der Waals surface area contributed by atoms with Gasteiger partial charge in [0.2, 0.25) is 0 Å². The fourth-order valence-corrected chi connectivity index (χ4v) is 2.01. The lowest BCUT2D eigenvalue weighted by atomic mass is 10.2. The molecule has 86 valence electrons. The lowest BCUT2D eigenvalue weighted by molar-refractivity contribution is 0.204. The highest BCUT2D eigenvalue weighted by molar-refractivity contribution is 5.72. The van der Waals surface area contributed by atoms with Gasteiger partial charge < -0.3 is 15.5 Å². The van der Waals surface area contributed by atoms with E-state index < -0.39 is 0 Å². The van der Waals surface area contributed by atoms with Crippen LogP contribution in [0.1, 0.15) is 5.56 Å². The van der Waals surface area contributed by atoms with Crippen LogP contribution in [0.15, 0.2) is 24.3 Å². The average molecular weight is 219 g/mol. The average Bonchev–Trinajstić information content (AvgIpc) is 2.29. The number of aryl methyl sites for hydroxylation is 1. The van der Waals surface area contributed by atoms with Gasteiger partial charge in [0.05, 0.1) is 0 Å². The van der Waals surface area contributed by atoms with E-state index in [9.17, 15) is 4.79 Å². The molecule has 0 spiro atoms. The second-order valence-corrected chi connectivity index (χ2v) is 4.15. The molecule has 1 aliphatic rings. The minimum absolute atomic E-state index is 0.316. The van der Waals surface area contributed by atoms with Gasteiger partial charge in [-0.05, 0) is 24.6 Å². The lowest BCUT2D eigenvalue weighted by Crippen LogP contribution is -2.50. The van der Waals surface area contributed by atoms with Crippen molar-refractivity contribution in [3.05, 3.63) is 29.8 Å². The lowest BCUT2D eigenvalue weighted by Gasteiger charge is -2.35. The monoisotopic (exact) mass is 219 g/mol. The molecule has 0 radical (unpaired) electrons. The Morgan fingerprint density at radius 2 is 1.94 bits per heavy atom. The van der Waals surface area contributed by atoms with Crippen molar-refractivity contribution in [2.75, 3.05) is 31.1 Å². The molecular weight excluding hydrogens is 202 g/mol. The van der Waals surface area contributed by atoms with E-state index in [0.29, 0.717) is 13.1 Å². The van der Waals surface area contributed by atoms with Gasteiger partial charge in [-0.3, -0.25) is 0 Å². The summed E-state index contributed by atoms with van der Waals surface area (Å²) in [6.45, 7) is 5.22. The SMILES string of the molecule is Cc1cccc(N2CCN(C(N)=O)CC2)c1. The molecule has 0 bridgehead atoms. The molecule has 0 aromatic heterocycles. The van der Waals surface area contributed by atoms with E-state index in [-0.39, 0.29) is 6.03 Å². The molecule has 0 saturated carbocycles. The first-order valence-electron chi connectivity index (χ1n) is 5.53. The predicted molar refractivity (Wildman–Crippen MR) is 64.5 cm³/mol. The third-order valence-corrected chi connectivity index (χ3v) is 2.96. The molecule has 2 amide bonds. The van der Waals surface area contributed by atoms with Crippen LogP contribution < -0.4 is 10.6 Å². The molecule has 1 fully saturated rings. The van der Waals surface area contributed by atoms with E-state index in [0.717, 1.165) is 13.1 Å². The van der Waals surface area contributed by atoms with Gasteiger partial charge in [0.1, 0.15) is 0 Å². The minimum Gasteiger partial charge on any atom is -0.368 e. The van der Waals surface area contributed by atoms with E-state index in [2.05, 4.69) is 36.1 Å². The van der Waals surface area contributed by atoms with Crippen LogP contribution >= 0.6 is 0 Å². The number of benzene rings is 1. The van der Waals surface area contributed by atoms with Crippen molar-refractivity contribution in [2.45, 2.75) is 6.92 Å². The third kappa shape index (κ3) is 2.27. The minimum atomic E-state index is -0.316. The standard InChI is InChI=1S/C12H17N3O/c1-10-3-2-4-11(9-10)14-5-7-15(8-6-14)12(13)16/h2-4,9H,5-8H2,1H3,(H2,13,16). The van der Waals surface area contributed by atoms with Gasteiger partial charge in [-0.15, -0.1) is 0 Å². The number of rotatable bonds is 1. The topological polar surface area (TPSA) is 49.6 Å². The predicted octanol–water partition coefficient (Wildman–Crippen LogP) is 1.20. The molecule has 0 unspecified atom stereocenters. The molecule has 4 nitrogen and oxygen atoms in total. The molecule has 2 N–H and O–H groups in total. The Kier molecular flexibility index (Phi) is 2.99. The number of carbonyl (C=O) groups excluding carboxylic acids is 1. The second kappa shape index (κ2) is 4.43. The highest BCUT2D eigenvalue weighted by Crippen LogP contribution is 2.17. The summed E-state index contributed by atoms with van der Waals surface area (Å²) in [7, 11) is 0. The number of urea groups is 1. The summed E-state index contributed by atoms with van der Waals surface area (Å²) in [4.78, 5) is 15.0. The molecule has 4 heteroatoms. The molecule has 0 aliphatic carbocycles. The molecule has 1 saturated heterocycles. The number of nitrogens with two attached hydrogens (primary N) is 1. The first kappa shape index (κ1) is 10.8. The Morgan fingerprint density at radius 3 is 2.50 bits per heavy atom. The van der Waals surface area contributed by atoms with Gasteiger partial charge >= 0.3 is 6.03 Å². The van der Waals surface area contributed by atoms with Gasteiger partial charge in [-0.25, -0.2) is 4.79 Å². The summed E-state index contributed by atoms with van der Waals surface area (Å²) < 4.78 is 0. The van der Waals surface area contributed by atoms with Gasteiger partial charge in [-0.2, -0.15) is 0 Å². The van der Waals surface area contributed by atoms with Crippen molar-refractivity contribution in [1.29, 1.82) is 0 Å². The smallest absolute Gasteiger partial charge is 0.314 e. The molecule has 1 aromatic rings. The van der Waals surface area contributed by atoms with E-state index in [1.54, 1.807) is 4.90 Å². The van der Waals surface area contributed by atoms with Crippen molar-refractivity contribution < 1.29 is 4.79 Å². The molecule has 1 heterocycles. The maximum absolute atomic E-state index is 11.0. The van der Waals surface area contributed by atoms with E-state index in [1.807, 2.05) is 0 Å². The van der Waals surface area contributed by atoms with E-state index in [1.165, 1.54) is 11.3 Å². The molecular formula is C12H17N3O.